The minimum Gasteiger partial charge on any atom is -0.489 e. The summed E-state index contributed by atoms with van der Waals surface area (Å²) in [5, 5.41) is 5.33. The number of hydrazone groups is 1. The van der Waals surface area contributed by atoms with E-state index in [2.05, 4.69) is 15.5 Å². The van der Waals surface area contributed by atoms with Crippen molar-refractivity contribution in [3.05, 3.63) is 88.0 Å². The number of ether oxygens (including phenoxy) is 1. The van der Waals surface area contributed by atoms with E-state index in [-0.39, 0.29) is 0 Å². The number of aromatic nitrogens is 1. The number of halogens is 2. The van der Waals surface area contributed by atoms with Crippen molar-refractivity contribution < 1.29 is 4.74 Å². The van der Waals surface area contributed by atoms with E-state index in [9.17, 15) is 0 Å². The quantitative estimate of drug-likeness (QED) is 0.465. The van der Waals surface area contributed by atoms with E-state index < -0.39 is 0 Å². The molecule has 1 N–H and O–H groups in total. The molecule has 0 atom stereocenters. The molecule has 126 valence electrons. The van der Waals surface area contributed by atoms with Gasteiger partial charge in [-0.3, -0.25) is 5.43 Å². The van der Waals surface area contributed by atoms with E-state index in [0.717, 1.165) is 16.9 Å². The van der Waals surface area contributed by atoms with Gasteiger partial charge in [0.15, 0.2) is 0 Å². The van der Waals surface area contributed by atoms with Crippen LogP contribution in [0.25, 0.3) is 0 Å². The molecule has 0 saturated carbocycles. The first-order valence-corrected chi connectivity index (χ1v) is 8.34. The summed E-state index contributed by atoms with van der Waals surface area (Å²) in [6, 6.07) is 18.5. The molecule has 0 bridgehead atoms. The van der Waals surface area contributed by atoms with Crippen molar-refractivity contribution in [3.8, 4) is 5.75 Å². The van der Waals surface area contributed by atoms with Crippen molar-refractivity contribution >= 4 is 35.2 Å². The van der Waals surface area contributed by atoms with E-state index in [1.807, 2.05) is 42.5 Å². The molecule has 2 aromatic carbocycles. The van der Waals surface area contributed by atoms with Gasteiger partial charge in [-0.1, -0.05) is 35.3 Å². The third-order valence-corrected chi connectivity index (χ3v) is 4.09. The fraction of sp³-hybridized carbons (Fsp3) is 0.0526. The average molecular weight is 372 g/mol. The molecule has 3 rings (SSSR count). The van der Waals surface area contributed by atoms with Crippen LogP contribution in [0.4, 0.5) is 5.82 Å². The number of hydrogen-bond donors (Lipinski definition) is 1. The topological polar surface area (TPSA) is 46.5 Å². The lowest BCUT2D eigenvalue weighted by Gasteiger charge is -2.09. The number of benzene rings is 2. The Kier molecular flexibility index (Phi) is 5.88. The molecule has 0 aliphatic rings. The van der Waals surface area contributed by atoms with E-state index in [4.69, 9.17) is 27.9 Å². The van der Waals surface area contributed by atoms with Crippen LogP contribution < -0.4 is 10.2 Å². The summed E-state index contributed by atoms with van der Waals surface area (Å²) < 4.78 is 5.74. The van der Waals surface area contributed by atoms with Gasteiger partial charge >= 0.3 is 0 Å². The van der Waals surface area contributed by atoms with Crippen LogP contribution in [-0.4, -0.2) is 11.2 Å². The van der Waals surface area contributed by atoms with Gasteiger partial charge in [0.25, 0.3) is 0 Å². The lowest BCUT2D eigenvalue weighted by Crippen LogP contribution is -1.97. The molecule has 0 aliphatic heterocycles. The first-order valence-electron chi connectivity index (χ1n) is 7.58. The Morgan fingerprint density at radius 2 is 1.72 bits per heavy atom. The number of hydrogen-bond acceptors (Lipinski definition) is 4. The van der Waals surface area contributed by atoms with Crippen LogP contribution >= 0.6 is 23.2 Å². The van der Waals surface area contributed by atoms with E-state index in [1.165, 1.54) is 0 Å². The van der Waals surface area contributed by atoms with Crippen LogP contribution in [0.3, 0.4) is 0 Å². The number of anilines is 1. The zero-order chi connectivity index (χ0) is 17.5. The second-order valence-electron chi connectivity index (χ2n) is 5.14. The van der Waals surface area contributed by atoms with Crippen molar-refractivity contribution in [1.82, 2.24) is 4.98 Å². The highest BCUT2D eigenvalue weighted by molar-refractivity contribution is 6.35. The minimum absolute atomic E-state index is 0.313. The van der Waals surface area contributed by atoms with Crippen LogP contribution in [0, 0.1) is 0 Å². The fourth-order valence-corrected chi connectivity index (χ4v) is 2.58. The largest absolute Gasteiger partial charge is 0.489 e. The maximum Gasteiger partial charge on any atom is 0.146 e. The maximum atomic E-state index is 6.13. The van der Waals surface area contributed by atoms with Crippen LogP contribution in [0.5, 0.6) is 5.75 Å². The second-order valence-corrected chi connectivity index (χ2v) is 5.96. The zero-order valence-electron chi connectivity index (χ0n) is 13.2. The van der Waals surface area contributed by atoms with Gasteiger partial charge in [-0.05, 0) is 54.1 Å². The van der Waals surface area contributed by atoms with Crippen molar-refractivity contribution in [2.24, 2.45) is 5.10 Å². The Balaban J connectivity index is 1.57. The van der Waals surface area contributed by atoms with Crippen LogP contribution in [0.1, 0.15) is 11.1 Å². The molecule has 4 nitrogen and oxygen atoms in total. The summed E-state index contributed by atoms with van der Waals surface area (Å²) in [6.45, 7) is 0.313. The van der Waals surface area contributed by atoms with Crippen LogP contribution in [0.2, 0.25) is 10.0 Å². The molecule has 0 unspecified atom stereocenters. The molecule has 0 radical (unpaired) electrons. The Hall–Kier alpha value is -2.56. The number of rotatable bonds is 6. The van der Waals surface area contributed by atoms with Crippen LogP contribution in [0.15, 0.2) is 72.0 Å². The van der Waals surface area contributed by atoms with Gasteiger partial charge in [-0.2, -0.15) is 5.10 Å². The van der Waals surface area contributed by atoms with E-state index in [1.54, 1.807) is 30.6 Å². The van der Waals surface area contributed by atoms with Crippen molar-refractivity contribution in [1.29, 1.82) is 0 Å². The molecule has 1 aromatic heterocycles. The zero-order valence-corrected chi connectivity index (χ0v) is 14.7. The second kappa shape index (κ2) is 8.51. The molecule has 0 saturated heterocycles. The molecular formula is C19H15Cl2N3O. The van der Waals surface area contributed by atoms with Gasteiger partial charge in [0, 0.05) is 21.8 Å². The van der Waals surface area contributed by atoms with Crippen LogP contribution in [-0.2, 0) is 6.61 Å². The standard InChI is InChI=1S/C19H15Cl2N3O/c20-17-4-3-5-18(21)16(17)13-25-15-9-7-14(8-10-15)12-23-24-19-6-1-2-11-22-19/h1-12H,13H2,(H,22,24). The average Bonchev–Trinajstić information content (AvgIpc) is 2.63. The first-order chi connectivity index (χ1) is 12.2. The lowest BCUT2D eigenvalue weighted by molar-refractivity contribution is 0.306. The number of nitrogens with zero attached hydrogens (tertiary/aromatic N) is 2. The minimum atomic E-state index is 0.313. The van der Waals surface area contributed by atoms with Gasteiger partial charge in [-0.15, -0.1) is 0 Å². The smallest absolute Gasteiger partial charge is 0.146 e. The lowest BCUT2D eigenvalue weighted by atomic mass is 10.2. The highest BCUT2D eigenvalue weighted by atomic mass is 35.5. The summed E-state index contributed by atoms with van der Waals surface area (Å²) >= 11 is 12.3. The summed E-state index contributed by atoms with van der Waals surface area (Å²) in [7, 11) is 0. The maximum absolute atomic E-state index is 6.13. The molecule has 0 amide bonds. The molecule has 3 aromatic rings. The SMILES string of the molecule is Clc1cccc(Cl)c1COc1ccc(C=NNc2ccccn2)cc1. The normalized spacial score (nSPS) is 10.8. The van der Waals surface area contributed by atoms with Crippen molar-refractivity contribution in [2.75, 3.05) is 5.43 Å². The molecular weight excluding hydrogens is 357 g/mol. The third-order valence-electron chi connectivity index (χ3n) is 3.38. The Labute approximate surface area is 156 Å². The van der Waals surface area contributed by atoms with E-state index >= 15 is 0 Å². The van der Waals surface area contributed by atoms with Gasteiger partial charge < -0.3 is 4.74 Å². The molecule has 0 aliphatic carbocycles. The highest BCUT2D eigenvalue weighted by Crippen LogP contribution is 2.25. The monoisotopic (exact) mass is 371 g/mol. The highest BCUT2D eigenvalue weighted by Gasteiger charge is 2.06. The summed E-state index contributed by atoms with van der Waals surface area (Å²) in [5.41, 5.74) is 4.58. The predicted octanol–water partition coefficient (Wildman–Crippen LogP) is 5.41. The molecule has 0 fully saturated rings. The first kappa shape index (κ1) is 17.3. The van der Waals surface area contributed by atoms with Gasteiger partial charge in [0.2, 0.25) is 0 Å². The number of pyridine rings is 1. The van der Waals surface area contributed by atoms with Gasteiger partial charge in [0.05, 0.1) is 6.21 Å². The van der Waals surface area contributed by atoms with Gasteiger partial charge in [-0.25, -0.2) is 4.98 Å². The predicted molar refractivity (Wildman–Crippen MR) is 103 cm³/mol. The molecule has 0 spiro atoms. The van der Waals surface area contributed by atoms with Crippen molar-refractivity contribution in [3.63, 3.8) is 0 Å². The Bertz CT molecular complexity index is 832. The van der Waals surface area contributed by atoms with Crippen molar-refractivity contribution in [2.45, 2.75) is 6.61 Å². The summed E-state index contributed by atoms with van der Waals surface area (Å²) in [4.78, 5) is 4.12. The Morgan fingerprint density at radius 3 is 2.40 bits per heavy atom. The molecule has 6 heteroatoms. The van der Waals surface area contributed by atoms with Gasteiger partial charge in [0.1, 0.15) is 18.2 Å². The Morgan fingerprint density at radius 1 is 0.960 bits per heavy atom. The molecule has 1 heterocycles. The number of nitrogens with one attached hydrogen (secondary N) is 1. The summed E-state index contributed by atoms with van der Waals surface area (Å²) in [5.74, 6) is 1.42. The molecule has 25 heavy (non-hydrogen) atoms. The fourth-order valence-electron chi connectivity index (χ4n) is 2.08. The third kappa shape index (κ3) is 4.95. The summed E-state index contributed by atoms with van der Waals surface area (Å²) in [6.07, 6.45) is 3.42. The van der Waals surface area contributed by atoms with E-state index in [0.29, 0.717) is 22.5 Å².